The van der Waals surface area contributed by atoms with Crippen molar-refractivity contribution in [2.75, 3.05) is 19.5 Å². The molecule has 3 rings (SSSR count). The van der Waals surface area contributed by atoms with Crippen LogP contribution in [0.2, 0.25) is 0 Å². The van der Waals surface area contributed by atoms with E-state index < -0.39 is 0 Å². The number of rotatable bonds is 3. The van der Waals surface area contributed by atoms with Gasteiger partial charge in [-0.3, -0.25) is 4.98 Å². The highest BCUT2D eigenvalue weighted by Crippen LogP contribution is 2.41. The maximum atomic E-state index is 13.7. The molecule has 0 amide bonds. The van der Waals surface area contributed by atoms with Gasteiger partial charge in [-0.25, -0.2) is 4.39 Å². The van der Waals surface area contributed by atoms with Gasteiger partial charge in [0.1, 0.15) is 0 Å². The number of aromatic nitrogens is 1. The predicted octanol–water partition coefficient (Wildman–Crippen LogP) is 3.30. The number of hydrogen-bond donors (Lipinski definition) is 1. The van der Waals surface area contributed by atoms with Crippen molar-refractivity contribution in [3.05, 3.63) is 29.7 Å². The van der Waals surface area contributed by atoms with Gasteiger partial charge in [-0.2, -0.15) is 0 Å². The number of anilines is 1. The largest absolute Gasteiger partial charge is 0.494 e. The van der Waals surface area contributed by atoms with Crippen LogP contribution < -0.4 is 10.1 Å². The van der Waals surface area contributed by atoms with Gasteiger partial charge in [0.2, 0.25) is 0 Å². The molecule has 18 heavy (non-hydrogen) atoms. The molecule has 0 radical (unpaired) electrons. The summed E-state index contributed by atoms with van der Waals surface area (Å²) >= 11 is 0. The Hall–Kier alpha value is -1.84. The first-order valence-corrected chi connectivity index (χ1v) is 6.09. The average molecular weight is 246 g/mol. The summed E-state index contributed by atoms with van der Waals surface area (Å²) in [6.45, 7) is 0. The maximum absolute atomic E-state index is 13.7. The van der Waals surface area contributed by atoms with Gasteiger partial charge in [0, 0.05) is 35.8 Å². The lowest BCUT2D eigenvalue weighted by Gasteiger charge is -2.10. The van der Waals surface area contributed by atoms with Gasteiger partial charge in [0.05, 0.1) is 12.6 Å². The first kappa shape index (κ1) is 11.3. The molecular weight excluding hydrogens is 231 g/mol. The number of halogens is 1. The Morgan fingerprint density at radius 3 is 2.72 bits per heavy atom. The minimum absolute atomic E-state index is 0.250. The summed E-state index contributed by atoms with van der Waals surface area (Å²) in [4.78, 5) is 4.55. The zero-order valence-corrected chi connectivity index (χ0v) is 10.5. The van der Waals surface area contributed by atoms with Crippen molar-refractivity contribution >= 4 is 16.6 Å². The van der Waals surface area contributed by atoms with Crippen LogP contribution in [0.5, 0.6) is 5.75 Å². The van der Waals surface area contributed by atoms with Crippen molar-refractivity contribution in [2.45, 2.75) is 18.8 Å². The summed E-state index contributed by atoms with van der Waals surface area (Å²) in [5.74, 6) is 0.430. The van der Waals surface area contributed by atoms with Crippen molar-refractivity contribution in [2.24, 2.45) is 0 Å². The number of pyridine rings is 1. The summed E-state index contributed by atoms with van der Waals surface area (Å²) in [5, 5.41) is 4.03. The number of hydrogen-bond acceptors (Lipinski definition) is 3. The Kier molecular flexibility index (Phi) is 2.58. The van der Waals surface area contributed by atoms with Crippen LogP contribution >= 0.6 is 0 Å². The molecule has 1 aromatic carbocycles. The second-order valence-corrected chi connectivity index (χ2v) is 4.62. The Labute approximate surface area is 105 Å². The molecule has 0 bridgehead atoms. The molecule has 1 aliphatic carbocycles. The lowest BCUT2D eigenvalue weighted by molar-refractivity contribution is 0.387. The van der Waals surface area contributed by atoms with E-state index in [1.54, 1.807) is 6.07 Å². The van der Waals surface area contributed by atoms with Crippen LogP contribution in [0, 0.1) is 5.82 Å². The molecule has 1 N–H and O–H groups in total. The maximum Gasteiger partial charge on any atom is 0.167 e. The van der Waals surface area contributed by atoms with E-state index in [2.05, 4.69) is 16.4 Å². The van der Waals surface area contributed by atoms with Gasteiger partial charge in [-0.05, 0) is 25.0 Å². The van der Waals surface area contributed by atoms with Gasteiger partial charge >= 0.3 is 0 Å². The third-order valence-corrected chi connectivity index (χ3v) is 3.37. The van der Waals surface area contributed by atoms with Gasteiger partial charge in [-0.15, -0.1) is 0 Å². The normalized spacial score (nSPS) is 14.8. The summed E-state index contributed by atoms with van der Waals surface area (Å²) in [6, 6.07) is 5.19. The molecule has 1 fully saturated rings. The highest BCUT2D eigenvalue weighted by atomic mass is 19.1. The predicted molar refractivity (Wildman–Crippen MR) is 69.8 cm³/mol. The van der Waals surface area contributed by atoms with Crippen LogP contribution in [0.3, 0.4) is 0 Å². The van der Waals surface area contributed by atoms with Crippen LogP contribution in [0.25, 0.3) is 10.9 Å². The van der Waals surface area contributed by atoms with Crippen LogP contribution in [0.4, 0.5) is 10.1 Å². The second-order valence-electron chi connectivity index (χ2n) is 4.62. The van der Waals surface area contributed by atoms with Gasteiger partial charge < -0.3 is 10.1 Å². The molecule has 3 nitrogen and oxygen atoms in total. The van der Waals surface area contributed by atoms with E-state index >= 15 is 0 Å². The molecule has 1 aliphatic rings. The molecule has 0 unspecified atom stereocenters. The minimum atomic E-state index is -0.368. The molecular formula is C14H15FN2O. The van der Waals surface area contributed by atoms with E-state index in [0.29, 0.717) is 11.4 Å². The summed E-state index contributed by atoms with van der Waals surface area (Å²) in [5.41, 5.74) is 2.71. The van der Waals surface area contributed by atoms with Crippen LogP contribution in [-0.4, -0.2) is 19.1 Å². The highest BCUT2D eigenvalue weighted by molar-refractivity contribution is 5.92. The lowest BCUT2D eigenvalue weighted by atomic mass is 10.1. The molecule has 0 spiro atoms. The first-order valence-electron chi connectivity index (χ1n) is 6.09. The Morgan fingerprint density at radius 2 is 2.11 bits per heavy atom. The fourth-order valence-electron chi connectivity index (χ4n) is 2.20. The van der Waals surface area contributed by atoms with Crippen LogP contribution in [0.1, 0.15) is 24.5 Å². The van der Waals surface area contributed by atoms with Crippen molar-refractivity contribution < 1.29 is 9.13 Å². The number of nitrogens with zero attached hydrogens (tertiary/aromatic N) is 1. The standard InChI is InChI=1S/C14H15FN2O/c1-16-12-7-11(8-3-4-8)17-13-6-10(15)14(18-2)5-9(12)13/h5-8H,3-4H2,1-2H3,(H,16,17). The molecule has 94 valence electrons. The Morgan fingerprint density at radius 1 is 1.33 bits per heavy atom. The Balaban J connectivity index is 2.25. The number of nitrogens with one attached hydrogen (secondary N) is 1. The lowest BCUT2D eigenvalue weighted by Crippen LogP contribution is -1.97. The van der Waals surface area contributed by atoms with Crippen molar-refractivity contribution in [3.8, 4) is 5.75 Å². The van der Waals surface area contributed by atoms with E-state index in [-0.39, 0.29) is 11.6 Å². The first-order chi connectivity index (χ1) is 8.72. The highest BCUT2D eigenvalue weighted by Gasteiger charge is 2.26. The van der Waals surface area contributed by atoms with E-state index in [0.717, 1.165) is 16.8 Å². The van der Waals surface area contributed by atoms with E-state index in [9.17, 15) is 4.39 Å². The average Bonchev–Trinajstić information content (AvgIpc) is 3.20. The van der Waals surface area contributed by atoms with Crippen molar-refractivity contribution in [1.29, 1.82) is 0 Å². The van der Waals surface area contributed by atoms with Crippen LogP contribution in [-0.2, 0) is 0 Å². The zero-order chi connectivity index (χ0) is 12.7. The molecule has 0 atom stereocenters. The fraction of sp³-hybridized carbons (Fsp3) is 0.357. The van der Waals surface area contributed by atoms with E-state index in [1.165, 1.54) is 26.0 Å². The summed E-state index contributed by atoms with van der Waals surface area (Å²) in [6.07, 6.45) is 2.36. The molecule has 2 aromatic rings. The number of benzene rings is 1. The van der Waals surface area contributed by atoms with Gasteiger partial charge in [-0.1, -0.05) is 0 Å². The molecule has 0 saturated heterocycles. The Bertz CT molecular complexity index is 608. The monoisotopic (exact) mass is 246 g/mol. The quantitative estimate of drug-likeness (QED) is 0.902. The van der Waals surface area contributed by atoms with Crippen LogP contribution in [0.15, 0.2) is 18.2 Å². The zero-order valence-electron chi connectivity index (χ0n) is 10.5. The summed E-state index contributed by atoms with van der Waals surface area (Å²) < 4.78 is 18.7. The van der Waals surface area contributed by atoms with Gasteiger partial charge in [0.25, 0.3) is 0 Å². The molecule has 1 saturated carbocycles. The third-order valence-electron chi connectivity index (χ3n) is 3.37. The third kappa shape index (κ3) is 1.78. The molecule has 1 aromatic heterocycles. The molecule has 1 heterocycles. The van der Waals surface area contributed by atoms with E-state index in [1.807, 2.05) is 7.05 Å². The van der Waals surface area contributed by atoms with Crippen molar-refractivity contribution in [3.63, 3.8) is 0 Å². The number of fused-ring (bicyclic) bond motifs is 1. The topological polar surface area (TPSA) is 34.2 Å². The molecule has 4 heteroatoms. The molecule has 0 aliphatic heterocycles. The minimum Gasteiger partial charge on any atom is -0.494 e. The number of ether oxygens (including phenoxy) is 1. The number of methoxy groups -OCH3 is 1. The smallest absolute Gasteiger partial charge is 0.167 e. The second kappa shape index (κ2) is 4.12. The van der Waals surface area contributed by atoms with Gasteiger partial charge in [0.15, 0.2) is 11.6 Å². The summed E-state index contributed by atoms with van der Waals surface area (Å²) in [7, 11) is 3.33. The van der Waals surface area contributed by atoms with E-state index in [4.69, 9.17) is 4.74 Å². The SMILES string of the molecule is CNc1cc(C2CC2)nc2cc(F)c(OC)cc12. The fourth-order valence-corrected chi connectivity index (χ4v) is 2.20. The van der Waals surface area contributed by atoms with Crippen molar-refractivity contribution in [1.82, 2.24) is 4.98 Å².